The molecule has 1 fully saturated rings. The van der Waals surface area contributed by atoms with Crippen LogP contribution in [0.15, 0.2) is 0 Å². The van der Waals surface area contributed by atoms with E-state index >= 15 is 0 Å². The average Bonchev–Trinajstić information content (AvgIpc) is 2.86. The van der Waals surface area contributed by atoms with Gasteiger partial charge in [0.25, 0.3) is 0 Å². The van der Waals surface area contributed by atoms with Gasteiger partial charge in [0, 0.05) is 11.8 Å². The zero-order chi connectivity index (χ0) is 12.8. The largest absolute Gasteiger partial charge is 0.463 e. The second kappa shape index (κ2) is 6.99. The highest BCUT2D eigenvalue weighted by atomic mass is 35.5. The van der Waals surface area contributed by atoms with E-state index in [0.29, 0.717) is 23.8 Å². The Hall–Kier alpha value is -0.750. The highest BCUT2D eigenvalue weighted by Gasteiger charge is 2.16. The number of halogens is 1. The first-order valence-electron chi connectivity index (χ1n) is 6.17. The quantitative estimate of drug-likeness (QED) is 0.868. The third-order valence-electron chi connectivity index (χ3n) is 2.53. The first-order chi connectivity index (χ1) is 8.78. The molecule has 1 saturated heterocycles. The molecule has 1 N–H and O–H groups in total. The van der Waals surface area contributed by atoms with E-state index in [1.165, 1.54) is 18.6 Å². The zero-order valence-corrected chi connectivity index (χ0v) is 11.9. The van der Waals surface area contributed by atoms with E-state index in [4.69, 9.17) is 16.3 Å². The van der Waals surface area contributed by atoms with Gasteiger partial charge in [0.15, 0.2) is 0 Å². The Morgan fingerprint density at radius 2 is 2.33 bits per heavy atom. The summed E-state index contributed by atoms with van der Waals surface area (Å²) in [5, 5.41) is 4.00. The van der Waals surface area contributed by atoms with Gasteiger partial charge < -0.3 is 10.1 Å². The second-order valence-electron chi connectivity index (χ2n) is 4.08. The molecule has 18 heavy (non-hydrogen) atoms. The topological polar surface area (TPSA) is 59.9 Å². The molecular formula is C11H17ClN4OS. The summed E-state index contributed by atoms with van der Waals surface area (Å²) in [6, 6.07) is 0.290. The summed E-state index contributed by atoms with van der Waals surface area (Å²) >= 11 is 7.82. The van der Waals surface area contributed by atoms with Gasteiger partial charge in [-0.05, 0) is 36.6 Å². The maximum absolute atomic E-state index is 5.84. The van der Waals surface area contributed by atoms with Gasteiger partial charge in [-0.1, -0.05) is 6.92 Å². The maximum Gasteiger partial charge on any atom is 0.322 e. The smallest absolute Gasteiger partial charge is 0.322 e. The molecule has 2 rings (SSSR count). The van der Waals surface area contributed by atoms with Gasteiger partial charge in [0.05, 0.1) is 6.61 Å². The lowest BCUT2D eigenvalue weighted by Gasteiger charge is -2.10. The molecule has 0 aromatic carbocycles. The molecule has 1 atom stereocenters. The summed E-state index contributed by atoms with van der Waals surface area (Å²) in [5.41, 5.74) is 0. The summed E-state index contributed by atoms with van der Waals surface area (Å²) in [6.45, 7) is 3.47. The molecule has 0 saturated carbocycles. The van der Waals surface area contributed by atoms with Crippen LogP contribution in [0.5, 0.6) is 6.01 Å². The van der Waals surface area contributed by atoms with Gasteiger partial charge in [-0.2, -0.15) is 26.7 Å². The normalized spacial score (nSPS) is 18.9. The Labute approximate surface area is 116 Å². The molecule has 1 unspecified atom stereocenters. The van der Waals surface area contributed by atoms with Gasteiger partial charge in [-0.3, -0.25) is 0 Å². The molecule has 1 aromatic rings. The first kappa shape index (κ1) is 13.7. The minimum Gasteiger partial charge on any atom is -0.463 e. The number of nitrogens with one attached hydrogen (secondary N) is 1. The number of ether oxygens (including phenoxy) is 1. The van der Waals surface area contributed by atoms with Crippen LogP contribution < -0.4 is 10.1 Å². The number of hydrogen-bond acceptors (Lipinski definition) is 6. The zero-order valence-electron chi connectivity index (χ0n) is 10.4. The molecule has 5 nitrogen and oxygen atoms in total. The third kappa shape index (κ3) is 4.17. The third-order valence-corrected chi connectivity index (χ3v) is 4.10. The van der Waals surface area contributed by atoms with E-state index in [1.54, 1.807) is 0 Å². The van der Waals surface area contributed by atoms with E-state index in [9.17, 15) is 0 Å². The van der Waals surface area contributed by atoms with Crippen LogP contribution in [0.25, 0.3) is 0 Å². The molecular weight excluding hydrogens is 272 g/mol. The van der Waals surface area contributed by atoms with Crippen LogP contribution in [0.4, 0.5) is 5.95 Å². The number of anilines is 1. The summed E-state index contributed by atoms with van der Waals surface area (Å²) in [5.74, 6) is 1.74. The van der Waals surface area contributed by atoms with E-state index in [1.807, 2.05) is 18.7 Å². The van der Waals surface area contributed by atoms with Gasteiger partial charge in [0.1, 0.15) is 0 Å². The Bertz CT molecular complexity index is 387. The summed E-state index contributed by atoms with van der Waals surface area (Å²) in [4.78, 5) is 12.2. The highest BCUT2D eigenvalue weighted by Crippen LogP contribution is 2.26. The number of aromatic nitrogens is 3. The molecule has 0 amide bonds. The minimum absolute atomic E-state index is 0.165. The van der Waals surface area contributed by atoms with Crippen LogP contribution in [0.3, 0.4) is 0 Å². The first-order valence-corrected chi connectivity index (χ1v) is 7.60. The van der Waals surface area contributed by atoms with E-state index in [-0.39, 0.29) is 5.28 Å². The van der Waals surface area contributed by atoms with Crippen molar-refractivity contribution in [3.63, 3.8) is 0 Å². The van der Waals surface area contributed by atoms with Crippen LogP contribution in [0, 0.1) is 0 Å². The van der Waals surface area contributed by atoms with Crippen molar-refractivity contribution in [3.05, 3.63) is 5.28 Å². The van der Waals surface area contributed by atoms with Crippen molar-refractivity contribution in [2.45, 2.75) is 31.4 Å². The maximum atomic E-state index is 5.84. The molecule has 1 aromatic heterocycles. The van der Waals surface area contributed by atoms with Gasteiger partial charge in [-0.15, -0.1) is 0 Å². The SMILES string of the molecule is CCCOc1nc(Cl)nc(NCC2CCCS2)n1. The van der Waals surface area contributed by atoms with E-state index in [2.05, 4.69) is 20.3 Å². The number of nitrogens with zero attached hydrogens (tertiary/aromatic N) is 3. The van der Waals surface area contributed by atoms with Crippen LogP contribution >= 0.6 is 23.4 Å². The lowest BCUT2D eigenvalue weighted by atomic mass is 10.2. The van der Waals surface area contributed by atoms with Crippen molar-refractivity contribution in [2.75, 3.05) is 24.2 Å². The lowest BCUT2D eigenvalue weighted by Crippen LogP contribution is -2.16. The predicted octanol–water partition coefficient (Wildman–Crippen LogP) is 2.62. The average molecular weight is 289 g/mol. The summed E-state index contributed by atoms with van der Waals surface area (Å²) in [7, 11) is 0. The number of rotatable bonds is 6. The van der Waals surface area contributed by atoms with E-state index < -0.39 is 0 Å². The summed E-state index contributed by atoms with van der Waals surface area (Å²) < 4.78 is 5.36. The van der Waals surface area contributed by atoms with Crippen LogP contribution in [0.2, 0.25) is 5.28 Å². The van der Waals surface area contributed by atoms with Gasteiger partial charge in [0.2, 0.25) is 11.2 Å². The number of hydrogen-bond donors (Lipinski definition) is 1. The Balaban J connectivity index is 1.91. The number of thioether (sulfide) groups is 1. The Kier molecular flexibility index (Phi) is 5.31. The standard InChI is InChI=1S/C11H17ClN4OS/c1-2-5-17-11-15-9(12)14-10(16-11)13-7-8-4-3-6-18-8/h8H,2-7H2,1H3,(H,13,14,15,16). The van der Waals surface area contributed by atoms with Crippen molar-refractivity contribution >= 4 is 29.3 Å². The van der Waals surface area contributed by atoms with Crippen molar-refractivity contribution < 1.29 is 4.74 Å². The van der Waals surface area contributed by atoms with Crippen LogP contribution in [-0.2, 0) is 0 Å². The van der Waals surface area contributed by atoms with Gasteiger partial charge >= 0.3 is 6.01 Å². The van der Waals surface area contributed by atoms with Crippen molar-refractivity contribution in [3.8, 4) is 6.01 Å². The molecule has 7 heteroatoms. The Morgan fingerprint density at radius 3 is 3.06 bits per heavy atom. The fourth-order valence-corrected chi connectivity index (χ4v) is 3.03. The van der Waals surface area contributed by atoms with Crippen LogP contribution in [0.1, 0.15) is 26.2 Å². The molecule has 100 valence electrons. The summed E-state index contributed by atoms with van der Waals surface area (Å²) in [6.07, 6.45) is 3.44. The minimum atomic E-state index is 0.165. The molecule has 0 spiro atoms. The molecule has 0 aliphatic carbocycles. The molecule has 1 aliphatic rings. The second-order valence-corrected chi connectivity index (χ2v) is 5.82. The predicted molar refractivity (Wildman–Crippen MR) is 74.6 cm³/mol. The highest BCUT2D eigenvalue weighted by molar-refractivity contribution is 8.00. The Morgan fingerprint density at radius 1 is 1.44 bits per heavy atom. The van der Waals surface area contributed by atoms with Crippen molar-refractivity contribution in [1.82, 2.24) is 15.0 Å². The molecule has 2 heterocycles. The molecule has 0 bridgehead atoms. The van der Waals surface area contributed by atoms with Crippen molar-refractivity contribution in [2.24, 2.45) is 0 Å². The van der Waals surface area contributed by atoms with E-state index in [0.717, 1.165) is 13.0 Å². The van der Waals surface area contributed by atoms with Crippen molar-refractivity contribution in [1.29, 1.82) is 0 Å². The fourth-order valence-electron chi connectivity index (χ4n) is 1.68. The molecule has 1 aliphatic heterocycles. The monoisotopic (exact) mass is 288 g/mol. The lowest BCUT2D eigenvalue weighted by molar-refractivity contribution is 0.291. The molecule has 0 radical (unpaired) electrons. The van der Waals surface area contributed by atoms with Gasteiger partial charge in [-0.25, -0.2) is 0 Å². The van der Waals surface area contributed by atoms with Crippen LogP contribution in [-0.4, -0.2) is 39.1 Å². The fraction of sp³-hybridized carbons (Fsp3) is 0.727.